The van der Waals surface area contributed by atoms with Crippen LogP contribution in [-0.2, 0) is 18.4 Å². The van der Waals surface area contributed by atoms with Crippen molar-refractivity contribution >= 4 is 18.0 Å². The standard InChI is InChI=1S/C23H22N4OS/c1-3-23(2)13-16-11-7-8-12-17(16)19-18(23)20(28)26(14-15-9-5-4-6-10-15)21-24-25-22(29)27(19)21/h4-12H,3,13-14H2,1-2H3,(H,25,29)/t23-/m0/s1. The zero-order valence-corrected chi connectivity index (χ0v) is 17.3. The largest absolute Gasteiger partial charge is 0.272 e. The summed E-state index contributed by atoms with van der Waals surface area (Å²) in [5.41, 5.74) is 4.84. The SMILES string of the molecule is CC[C@@]1(C)Cc2ccccc2-c2c1c(=O)n(Cc1ccccc1)c1n[nH]c(=S)n21. The molecule has 146 valence electrons. The molecule has 0 radical (unpaired) electrons. The van der Waals surface area contributed by atoms with E-state index in [-0.39, 0.29) is 11.0 Å². The van der Waals surface area contributed by atoms with Gasteiger partial charge >= 0.3 is 0 Å². The lowest BCUT2D eigenvalue weighted by atomic mass is 9.69. The van der Waals surface area contributed by atoms with Gasteiger partial charge in [-0.2, -0.15) is 0 Å². The lowest BCUT2D eigenvalue weighted by Crippen LogP contribution is -2.40. The Hall–Kier alpha value is -2.99. The van der Waals surface area contributed by atoms with Crippen molar-refractivity contribution in [2.24, 2.45) is 0 Å². The molecule has 5 nitrogen and oxygen atoms in total. The molecule has 0 bridgehead atoms. The van der Waals surface area contributed by atoms with Crippen molar-refractivity contribution < 1.29 is 0 Å². The fourth-order valence-corrected chi connectivity index (χ4v) is 4.75. The van der Waals surface area contributed by atoms with Crippen molar-refractivity contribution in [3.05, 3.63) is 86.4 Å². The van der Waals surface area contributed by atoms with Gasteiger partial charge in [-0.3, -0.25) is 13.8 Å². The van der Waals surface area contributed by atoms with Crippen LogP contribution in [0.2, 0.25) is 0 Å². The van der Waals surface area contributed by atoms with Gasteiger partial charge in [0.15, 0.2) is 0 Å². The van der Waals surface area contributed by atoms with Crippen molar-refractivity contribution in [2.75, 3.05) is 0 Å². The molecule has 0 aliphatic heterocycles. The van der Waals surface area contributed by atoms with Crippen LogP contribution in [0.4, 0.5) is 0 Å². The molecule has 0 unspecified atom stereocenters. The third-order valence-electron chi connectivity index (χ3n) is 6.24. The van der Waals surface area contributed by atoms with E-state index in [2.05, 4.69) is 42.2 Å². The first-order chi connectivity index (χ1) is 14.0. The first-order valence-corrected chi connectivity index (χ1v) is 10.3. The molecule has 0 saturated carbocycles. The third kappa shape index (κ3) is 2.63. The van der Waals surface area contributed by atoms with Gasteiger partial charge in [-0.25, -0.2) is 5.10 Å². The number of benzene rings is 2. The predicted octanol–water partition coefficient (Wildman–Crippen LogP) is 4.49. The maximum Gasteiger partial charge on any atom is 0.259 e. The minimum Gasteiger partial charge on any atom is -0.272 e. The minimum absolute atomic E-state index is 0.0178. The van der Waals surface area contributed by atoms with Crippen molar-refractivity contribution in [2.45, 2.75) is 38.6 Å². The highest BCUT2D eigenvalue weighted by Crippen LogP contribution is 2.43. The molecule has 29 heavy (non-hydrogen) atoms. The van der Waals surface area contributed by atoms with Crippen LogP contribution in [0.25, 0.3) is 17.0 Å². The molecule has 1 aliphatic rings. The first-order valence-electron chi connectivity index (χ1n) is 9.90. The van der Waals surface area contributed by atoms with Crippen molar-refractivity contribution in [3.63, 3.8) is 0 Å². The zero-order valence-electron chi connectivity index (χ0n) is 16.5. The second-order valence-electron chi connectivity index (χ2n) is 8.01. The molecule has 1 N–H and O–H groups in total. The Bertz CT molecular complexity index is 1350. The Labute approximate surface area is 173 Å². The van der Waals surface area contributed by atoms with E-state index in [0.29, 0.717) is 17.1 Å². The topological polar surface area (TPSA) is 55.1 Å². The molecule has 0 fully saturated rings. The number of nitrogens with one attached hydrogen (secondary N) is 1. The van der Waals surface area contributed by atoms with Gasteiger partial charge in [0.25, 0.3) is 5.56 Å². The van der Waals surface area contributed by atoms with Gasteiger partial charge in [-0.1, -0.05) is 68.4 Å². The van der Waals surface area contributed by atoms with E-state index in [9.17, 15) is 4.79 Å². The number of rotatable bonds is 3. The quantitative estimate of drug-likeness (QED) is 0.514. The predicted molar refractivity (Wildman–Crippen MR) is 117 cm³/mol. The number of hydrogen-bond acceptors (Lipinski definition) is 3. The molecular weight excluding hydrogens is 380 g/mol. The molecule has 6 heteroatoms. The number of nitrogens with zero attached hydrogens (tertiary/aromatic N) is 3. The molecule has 2 aromatic heterocycles. The molecule has 2 aromatic carbocycles. The fourth-order valence-electron chi connectivity index (χ4n) is 4.53. The molecule has 0 spiro atoms. The average Bonchev–Trinajstić information content (AvgIpc) is 3.12. The summed E-state index contributed by atoms with van der Waals surface area (Å²) in [7, 11) is 0. The van der Waals surface area contributed by atoms with Gasteiger partial charge in [0.1, 0.15) is 0 Å². The van der Waals surface area contributed by atoms with Crippen LogP contribution in [0.1, 0.15) is 37.0 Å². The Kier molecular flexibility index (Phi) is 4.06. The summed E-state index contributed by atoms with van der Waals surface area (Å²) in [6.45, 7) is 4.79. The van der Waals surface area contributed by atoms with E-state index in [1.54, 1.807) is 4.57 Å². The van der Waals surface area contributed by atoms with Crippen molar-refractivity contribution in [1.29, 1.82) is 0 Å². The highest BCUT2D eigenvalue weighted by molar-refractivity contribution is 7.71. The number of aromatic nitrogens is 4. The summed E-state index contributed by atoms with van der Waals surface area (Å²) in [6, 6.07) is 18.3. The van der Waals surface area contributed by atoms with Crippen LogP contribution in [0.5, 0.6) is 0 Å². The van der Waals surface area contributed by atoms with Crippen LogP contribution >= 0.6 is 12.2 Å². The third-order valence-corrected chi connectivity index (χ3v) is 6.51. The van der Waals surface area contributed by atoms with E-state index in [1.807, 2.05) is 40.8 Å². The molecule has 0 saturated heterocycles. The van der Waals surface area contributed by atoms with E-state index in [1.165, 1.54) is 5.56 Å². The molecule has 5 rings (SSSR count). The summed E-state index contributed by atoms with van der Waals surface area (Å²) in [5.74, 6) is 0.553. The van der Waals surface area contributed by atoms with E-state index < -0.39 is 0 Å². The first kappa shape index (κ1) is 18.1. The number of fused-ring (bicyclic) bond motifs is 5. The van der Waals surface area contributed by atoms with Gasteiger partial charge in [0.05, 0.1) is 12.2 Å². The fraction of sp³-hybridized carbons (Fsp3) is 0.261. The van der Waals surface area contributed by atoms with E-state index >= 15 is 0 Å². The summed E-state index contributed by atoms with van der Waals surface area (Å²) in [5, 5.41) is 7.35. The molecule has 4 aromatic rings. The molecule has 2 heterocycles. The minimum atomic E-state index is -0.264. The van der Waals surface area contributed by atoms with Crippen LogP contribution in [0.15, 0.2) is 59.4 Å². The highest BCUT2D eigenvalue weighted by atomic mass is 32.1. The summed E-state index contributed by atoms with van der Waals surface area (Å²) in [6.07, 6.45) is 1.70. The van der Waals surface area contributed by atoms with E-state index in [0.717, 1.165) is 35.2 Å². The van der Waals surface area contributed by atoms with Crippen LogP contribution in [0, 0.1) is 4.77 Å². The van der Waals surface area contributed by atoms with Crippen molar-refractivity contribution in [3.8, 4) is 11.3 Å². The average molecular weight is 403 g/mol. The summed E-state index contributed by atoms with van der Waals surface area (Å²) in [4.78, 5) is 13.9. The maximum atomic E-state index is 13.9. The summed E-state index contributed by atoms with van der Waals surface area (Å²) >= 11 is 5.61. The van der Waals surface area contributed by atoms with Gasteiger partial charge < -0.3 is 0 Å². The van der Waals surface area contributed by atoms with Gasteiger partial charge in [0, 0.05) is 16.5 Å². The monoisotopic (exact) mass is 402 g/mol. The highest BCUT2D eigenvalue weighted by Gasteiger charge is 2.38. The van der Waals surface area contributed by atoms with Crippen LogP contribution in [-0.4, -0.2) is 19.2 Å². The second-order valence-corrected chi connectivity index (χ2v) is 8.40. The molecular formula is C23H22N4OS. The maximum absolute atomic E-state index is 13.9. The molecule has 0 amide bonds. The Morgan fingerprint density at radius 1 is 1.14 bits per heavy atom. The number of aromatic amines is 1. The molecule has 1 atom stereocenters. The van der Waals surface area contributed by atoms with Crippen LogP contribution < -0.4 is 5.56 Å². The van der Waals surface area contributed by atoms with Gasteiger partial charge in [-0.15, -0.1) is 5.10 Å². The number of H-pyrrole nitrogens is 1. The van der Waals surface area contributed by atoms with Crippen molar-refractivity contribution in [1.82, 2.24) is 19.2 Å². The van der Waals surface area contributed by atoms with Gasteiger partial charge in [0.2, 0.25) is 10.5 Å². The normalized spacial score (nSPS) is 17.9. The smallest absolute Gasteiger partial charge is 0.259 e. The lowest BCUT2D eigenvalue weighted by molar-refractivity contribution is 0.435. The van der Waals surface area contributed by atoms with Crippen LogP contribution in [0.3, 0.4) is 0 Å². The Morgan fingerprint density at radius 3 is 2.62 bits per heavy atom. The summed E-state index contributed by atoms with van der Waals surface area (Å²) < 4.78 is 4.21. The Morgan fingerprint density at radius 2 is 1.86 bits per heavy atom. The molecule has 1 aliphatic carbocycles. The van der Waals surface area contributed by atoms with E-state index in [4.69, 9.17) is 12.2 Å². The Balaban J connectivity index is 1.92. The lowest BCUT2D eigenvalue weighted by Gasteiger charge is -2.36. The number of hydrogen-bond donors (Lipinski definition) is 1. The zero-order chi connectivity index (χ0) is 20.2. The van der Waals surface area contributed by atoms with Gasteiger partial charge in [-0.05, 0) is 36.2 Å². The second kappa shape index (κ2) is 6.52.